The highest BCUT2D eigenvalue weighted by Crippen LogP contribution is 2.39. The average molecular weight is 239 g/mol. The van der Waals surface area contributed by atoms with Gasteiger partial charge in [-0.15, -0.1) is 0 Å². The van der Waals surface area contributed by atoms with Crippen LogP contribution in [0.1, 0.15) is 18.9 Å². The molecule has 0 heterocycles. The van der Waals surface area contributed by atoms with E-state index in [1.165, 1.54) is 12.1 Å². The second-order valence-electron chi connectivity index (χ2n) is 4.80. The molecule has 0 bridgehead atoms. The van der Waals surface area contributed by atoms with Crippen molar-refractivity contribution in [3.05, 3.63) is 28.8 Å². The van der Waals surface area contributed by atoms with Crippen LogP contribution in [0, 0.1) is 11.8 Å². The van der Waals surface area contributed by atoms with Gasteiger partial charge in [0.25, 0.3) is 0 Å². The molecule has 2 unspecified atom stereocenters. The summed E-state index contributed by atoms with van der Waals surface area (Å²) in [6.07, 6.45) is 1.35. The molecule has 0 aliphatic heterocycles. The van der Waals surface area contributed by atoms with Crippen molar-refractivity contribution in [3.63, 3.8) is 0 Å². The summed E-state index contributed by atoms with van der Waals surface area (Å²) in [4.78, 5) is 2.28. The van der Waals surface area contributed by atoms with Crippen molar-refractivity contribution in [3.8, 4) is 0 Å². The fourth-order valence-corrected chi connectivity index (χ4v) is 2.46. The Kier molecular flexibility index (Phi) is 3.41. The smallest absolute Gasteiger partial charge is 0.0471 e. The van der Waals surface area contributed by atoms with E-state index in [4.69, 9.17) is 17.3 Å². The Balaban J connectivity index is 2.15. The molecular weight excluding hydrogens is 220 g/mol. The third-order valence-corrected chi connectivity index (χ3v) is 3.85. The van der Waals surface area contributed by atoms with Gasteiger partial charge in [0, 0.05) is 36.4 Å². The number of nitrogens with two attached hydrogens (primary N) is 1. The van der Waals surface area contributed by atoms with Crippen LogP contribution in [0.5, 0.6) is 0 Å². The fourth-order valence-electron chi connectivity index (χ4n) is 2.21. The monoisotopic (exact) mass is 238 g/mol. The first-order valence-corrected chi connectivity index (χ1v) is 6.20. The van der Waals surface area contributed by atoms with Crippen LogP contribution in [0.25, 0.3) is 0 Å². The molecule has 2 N–H and O–H groups in total. The van der Waals surface area contributed by atoms with Crippen LogP contribution in [-0.2, 0) is 6.54 Å². The zero-order chi connectivity index (χ0) is 11.7. The largest absolute Gasteiger partial charge is 0.374 e. The first-order valence-electron chi connectivity index (χ1n) is 5.82. The summed E-state index contributed by atoms with van der Waals surface area (Å²) in [5.74, 6) is 1.72. The quantitative estimate of drug-likeness (QED) is 0.874. The number of halogens is 1. The van der Waals surface area contributed by atoms with Gasteiger partial charge in [-0.25, -0.2) is 0 Å². The molecule has 3 heteroatoms. The highest BCUT2D eigenvalue weighted by atomic mass is 35.5. The molecule has 1 aromatic carbocycles. The molecule has 1 aliphatic rings. The highest BCUT2D eigenvalue weighted by molar-refractivity contribution is 6.31. The van der Waals surface area contributed by atoms with Gasteiger partial charge in [-0.3, -0.25) is 0 Å². The summed E-state index contributed by atoms with van der Waals surface area (Å²) < 4.78 is 0. The van der Waals surface area contributed by atoms with E-state index in [9.17, 15) is 0 Å². The summed E-state index contributed by atoms with van der Waals surface area (Å²) in [7, 11) is 2.12. The van der Waals surface area contributed by atoms with E-state index in [-0.39, 0.29) is 0 Å². The molecule has 2 nitrogen and oxygen atoms in total. The minimum absolute atomic E-state index is 0.500. The molecular formula is C13H19ClN2. The van der Waals surface area contributed by atoms with E-state index in [2.05, 4.69) is 24.9 Å². The minimum Gasteiger partial charge on any atom is -0.374 e. The molecule has 2 atom stereocenters. The Morgan fingerprint density at radius 3 is 2.75 bits per heavy atom. The normalized spacial score (nSPS) is 23.2. The zero-order valence-electron chi connectivity index (χ0n) is 9.91. The SMILES string of the molecule is CC1CC1CN(C)c1cccc(Cl)c1CN. The summed E-state index contributed by atoms with van der Waals surface area (Å²) in [6.45, 7) is 3.91. The Bertz CT molecular complexity index is 378. The number of hydrogen-bond acceptors (Lipinski definition) is 2. The van der Waals surface area contributed by atoms with E-state index in [0.29, 0.717) is 6.54 Å². The predicted molar refractivity (Wildman–Crippen MR) is 69.9 cm³/mol. The number of rotatable bonds is 4. The lowest BCUT2D eigenvalue weighted by molar-refractivity contribution is 0.723. The van der Waals surface area contributed by atoms with Gasteiger partial charge in [-0.05, 0) is 30.4 Å². The first-order chi connectivity index (χ1) is 7.63. The van der Waals surface area contributed by atoms with Crippen molar-refractivity contribution in [2.45, 2.75) is 19.9 Å². The molecule has 1 saturated carbocycles. The fraction of sp³-hybridized carbons (Fsp3) is 0.538. The van der Waals surface area contributed by atoms with Crippen LogP contribution < -0.4 is 10.6 Å². The van der Waals surface area contributed by atoms with Gasteiger partial charge >= 0.3 is 0 Å². The number of anilines is 1. The Morgan fingerprint density at radius 2 is 2.19 bits per heavy atom. The molecule has 88 valence electrons. The third kappa shape index (κ3) is 2.33. The molecule has 1 fully saturated rings. The minimum atomic E-state index is 0.500. The van der Waals surface area contributed by atoms with Gasteiger partial charge in [0.1, 0.15) is 0 Å². The van der Waals surface area contributed by atoms with E-state index in [1.54, 1.807) is 0 Å². The zero-order valence-corrected chi connectivity index (χ0v) is 10.7. The van der Waals surface area contributed by atoms with E-state index < -0.39 is 0 Å². The number of benzene rings is 1. The molecule has 2 rings (SSSR count). The van der Waals surface area contributed by atoms with Crippen LogP contribution in [0.4, 0.5) is 5.69 Å². The van der Waals surface area contributed by atoms with Crippen LogP contribution in [0.15, 0.2) is 18.2 Å². The maximum absolute atomic E-state index is 6.15. The van der Waals surface area contributed by atoms with Crippen molar-refractivity contribution in [1.29, 1.82) is 0 Å². The van der Waals surface area contributed by atoms with Gasteiger partial charge in [-0.1, -0.05) is 24.6 Å². The predicted octanol–water partition coefficient (Wildman–Crippen LogP) is 2.89. The van der Waals surface area contributed by atoms with Crippen molar-refractivity contribution < 1.29 is 0 Å². The Hall–Kier alpha value is -0.730. The molecule has 16 heavy (non-hydrogen) atoms. The lowest BCUT2D eigenvalue weighted by Crippen LogP contribution is -2.22. The summed E-state index contributed by atoms with van der Waals surface area (Å²) in [5, 5.41) is 0.774. The van der Waals surface area contributed by atoms with Crippen LogP contribution in [0.2, 0.25) is 5.02 Å². The van der Waals surface area contributed by atoms with E-state index in [1.807, 2.05) is 12.1 Å². The maximum atomic E-state index is 6.15. The second kappa shape index (κ2) is 4.64. The Morgan fingerprint density at radius 1 is 1.50 bits per heavy atom. The number of nitrogens with zero attached hydrogens (tertiary/aromatic N) is 1. The topological polar surface area (TPSA) is 29.3 Å². The van der Waals surface area contributed by atoms with Gasteiger partial charge in [0.05, 0.1) is 0 Å². The molecule has 0 amide bonds. The standard InChI is InChI=1S/C13H19ClN2/c1-9-6-10(9)8-16(2)13-5-3-4-12(14)11(13)7-15/h3-5,9-10H,6-8,15H2,1-2H3. The van der Waals surface area contributed by atoms with Crippen LogP contribution in [0.3, 0.4) is 0 Å². The van der Waals surface area contributed by atoms with Crippen molar-refractivity contribution >= 4 is 17.3 Å². The third-order valence-electron chi connectivity index (χ3n) is 3.49. The molecule has 1 aliphatic carbocycles. The summed E-state index contributed by atoms with van der Waals surface area (Å²) in [5.41, 5.74) is 7.98. The van der Waals surface area contributed by atoms with Crippen LogP contribution >= 0.6 is 11.6 Å². The average Bonchev–Trinajstić information content (AvgIpc) is 2.93. The molecule has 0 spiro atoms. The van der Waals surface area contributed by atoms with Gasteiger partial charge in [-0.2, -0.15) is 0 Å². The lowest BCUT2D eigenvalue weighted by Gasteiger charge is -2.22. The first kappa shape index (κ1) is 11.7. The summed E-state index contributed by atoms with van der Waals surface area (Å²) >= 11 is 6.15. The number of hydrogen-bond donors (Lipinski definition) is 1. The van der Waals surface area contributed by atoms with E-state index >= 15 is 0 Å². The second-order valence-corrected chi connectivity index (χ2v) is 5.20. The van der Waals surface area contributed by atoms with Gasteiger partial charge < -0.3 is 10.6 Å². The van der Waals surface area contributed by atoms with E-state index in [0.717, 1.165) is 29.0 Å². The Labute approximate surface area is 102 Å². The molecule has 1 aromatic rings. The summed E-state index contributed by atoms with van der Waals surface area (Å²) in [6, 6.07) is 5.99. The molecule has 0 aromatic heterocycles. The molecule has 0 saturated heterocycles. The van der Waals surface area contributed by atoms with Crippen molar-refractivity contribution in [2.24, 2.45) is 17.6 Å². The van der Waals surface area contributed by atoms with Crippen molar-refractivity contribution in [2.75, 3.05) is 18.5 Å². The van der Waals surface area contributed by atoms with Crippen LogP contribution in [-0.4, -0.2) is 13.6 Å². The maximum Gasteiger partial charge on any atom is 0.0471 e. The van der Waals surface area contributed by atoms with Gasteiger partial charge in [0.15, 0.2) is 0 Å². The molecule has 0 radical (unpaired) electrons. The van der Waals surface area contributed by atoms with Gasteiger partial charge in [0.2, 0.25) is 0 Å². The van der Waals surface area contributed by atoms with Crippen molar-refractivity contribution in [1.82, 2.24) is 0 Å². The highest BCUT2D eigenvalue weighted by Gasteiger charge is 2.33. The lowest BCUT2D eigenvalue weighted by atomic mass is 10.1.